The van der Waals surface area contributed by atoms with Crippen molar-refractivity contribution in [2.45, 2.75) is 11.4 Å². The third kappa shape index (κ3) is 4.13. The van der Waals surface area contributed by atoms with Gasteiger partial charge in [0.1, 0.15) is 11.4 Å². The Morgan fingerprint density at radius 3 is 2.56 bits per heavy atom. The van der Waals surface area contributed by atoms with Crippen LogP contribution in [-0.2, 0) is 16.6 Å². The van der Waals surface area contributed by atoms with Crippen LogP contribution in [0, 0.1) is 10.1 Å². The van der Waals surface area contributed by atoms with E-state index in [1.165, 1.54) is 19.2 Å². The molecule has 9 nitrogen and oxygen atoms in total. The van der Waals surface area contributed by atoms with Crippen LogP contribution in [0.2, 0.25) is 0 Å². The summed E-state index contributed by atoms with van der Waals surface area (Å²) in [7, 11) is -2.54. The second-order valence-electron chi connectivity index (χ2n) is 5.55. The first-order valence-electron chi connectivity index (χ1n) is 7.87. The summed E-state index contributed by atoms with van der Waals surface area (Å²) in [5, 5.41) is 18.1. The number of nitrogens with zero attached hydrogens (tertiary/aromatic N) is 2. The molecule has 140 valence electrons. The van der Waals surface area contributed by atoms with E-state index in [2.05, 4.69) is 15.2 Å². The van der Waals surface area contributed by atoms with Gasteiger partial charge < -0.3 is 9.84 Å². The molecule has 10 heteroatoms. The summed E-state index contributed by atoms with van der Waals surface area (Å²) in [6, 6.07) is 14.8. The van der Waals surface area contributed by atoms with Crippen LogP contribution in [0.1, 0.15) is 5.69 Å². The first-order valence-corrected chi connectivity index (χ1v) is 9.36. The van der Waals surface area contributed by atoms with Crippen molar-refractivity contribution in [1.82, 2.24) is 9.88 Å². The van der Waals surface area contributed by atoms with Crippen molar-refractivity contribution in [2.24, 2.45) is 0 Å². The molecule has 0 saturated carbocycles. The molecule has 0 amide bonds. The van der Waals surface area contributed by atoms with Gasteiger partial charge in [-0.3, -0.25) is 10.1 Å². The third-order valence-electron chi connectivity index (χ3n) is 3.82. The Kier molecular flexibility index (Phi) is 5.19. The van der Waals surface area contributed by atoms with Gasteiger partial charge in [-0.25, -0.2) is 13.1 Å². The summed E-state index contributed by atoms with van der Waals surface area (Å²) < 4.78 is 31.1. The molecule has 0 atom stereocenters. The number of nitro benzene ring substituents is 1. The van der Waals surface area contributed by atoms with Gasteiger partial charge in [-0.15, -0.1) is 0 Å². The van der Waals surface area contributed by atoms with E-state index in [4.69, 9.17) is 4.52 Å². The Balaban J connectivity index is 1.80. The van der Waals surface area contributed by atoms with Gasteiger partial charge in [-0.2, -0.15) is 0 Å². The minimum atomic E-state index is -3.77. The predicted molar refractivity (Wildman–Crippen MR) is 98.6 cm³/mol. The van der Waals surface area contributed by atoms with Crippen LogP contribution in [0.25, 0.3) is 11.3 Å². The Labute approximate surface area is 155 Å². The zero-order chi connectivity index (χ0) is 19.4. The number of aromatic nitrogens is 1. The van der Waals surface area contributed by atoms with Gasteiger partial charge in [0.25, 0.3) is 5.69 Å². The van der Waals surface area contributed by atoms with E-state index >= 15 is 0 Å². The number of anilines is 1. The zero-order valence-electron chi connectivity index (χ0n) is 14.2. The SMILES string of the molecule is CNS(=O)(=O)c1ccc(NCc2cc(-c3ccccc3)on2)c([N+](=O)[O-])c1. The van der Waals surface area contributed by atoms with Crippen molar-refractivity contribution in [3.05, 3.63) is 70.4 Å². The van der Waals surface area contributed by atoms with Crippen LogP contribution >= 0.6 is 0 Å². The van der Waals surface area contributed by atoms with Crippen molar-refractivity contribution in [2.75, 3.05) is 12.4 Å². The first-order chi connectivity index (χ1) is 12.9. The molecule has 1 heterocycles. The van der Waals surface area contributed by atoms with Gasteiger partial charge >= 0.3 is 0 Å². The summed E-state index contributed by atoms with van der Waals surface area (Å²) in [6.07, 6.45) is 0. The fraction of sp³-hybridized carbons (Fsp3) is 0.118. The smallest absolute Gasteiger partial charge is 0.293 e. The summed E-state index contributed by atoms with van der Waals surface area (Å²) >= 11 is 0. The Morgan fingerprint density at radius 1 is 1.15 bits per heavy atom. The number of rotatable bonds is 7. The molecule has 3 aromatic rings. The molecule has 0 aliphatic heterocycles. The quantitative estimate of drug-likeness (QED) is 0.470. The summed E-state index contributed by atoms with van der Waals surface area (Å²) in [6.45, 7) is 0.176. The standard InChI is InChI=1S/C17H16N4O5S/c1-18-27(24,25)14-7-8-15(16(10-14)21(22)23)19-11-13-9-17(26-20-13)12-5-3-2-4-6-12/h2-10,18-19H,11H2,1H3. The van der Waals surface area contributed by atoms with Crippen molar-refractivity contribution < 1.29 is 17.9 Å². The lowest BCUT2D eigenvalue weighted by Gasteiger charge is -2.07. The average Bonchev–Trinajstić information content (AvgIpc) is 3.16. The van der Waals surface area contributed by atoms with Gasteiger partial charge in [0.2, 0.25) is 10.0 Å². The predicted octanol–water partition coefficient (Wildman–Crippen LogP) is 2.77. The topological polar surface area (TPSA) is 127 Å². The highest BCUT2D eigenvalue weighted by atomic mass is 32.2. The Bertz CT molecular complexity index is 1060. The summed E-state index contributed by atoms with van der Waals surface area (Å²) in [4.78, 5) is 10.5. The first kappa shape index (κ1) is 18.5. The average molecular weight is 388 g/mol. The van der Waals surface area contributed by atoms with Gasteiger partial charge in [0, 0.05) is 17.7 Å². The van der Waals surface area contributed by atoms with Crippen LogP contribution in [-0.4, -0.2) is 25.5 Å². The van der Waals surface area contributed by atoms with Crippen molar-refractivity contribution >= 4 is 21.4 Å². The Morgan fingerprint density at radius 2 is 1.89 bits per heavy atom. The second-order valence-corrected chi connectivity index (χ2v) is 7.43. The van der Waals surface area contributed by atoms with E-state index in [0.717, 1.165) is 11.6 Å². The number of sulfonamides is 1. The number of hydrogen-bond acceptors (Lipinski definition) is 7. The molecule has 1 aromatic heterocycles. The lowest BCUT2D eigenvalue weighted by atomic mass is 10.1. The normalized spacial score (nSPS) is 11.3. The van der Waals surface area contributed by atoms with E-state index in [9.17, 15) is 18.5 Å². The van der Waals surface area contributed by atoms with Crippen LogP contribution in [0.15, 0.2) is 64.0 Å². The van der Waals surface area contributed by atoms with Crippen molar-refractivity contribution in [3.8, 4) is 11.3 Å². The molecule has 2 N–H and O–H groups in total. The molecule has 0 fully saturated rings. The van der Waals surface area contributed by atoms with E-state index in [0.29, 0.717) is 11.5 Å². The lowest BCUT2D eigenvalue weighted by Crippen LogP contribution is -2.18. The molecule has 3 rings (SSSR count). The van der Waals surface area contributed by atoms with Gasteiger partial charge in [0.05, 0.1) is 16.4 Å². The maximum atomic E-state index is 11.8. The van der Waals surface area contributed by atoms with E-state index in [1.54, 1.807) is 6.07 Å². The van der Waals surface area contributed by atoms with Crippen LogP contribution in [0.5, 0.6) is 0 Å². The fourth-order valence-corrected chi connectivity index (χ4v) is 3.17. The minimum absolute atomic E-state index is 0.176. The highest BCUT2D eigenvalue weighted by Gasteiger charge is 2.20. The monoisotopic (exact) mass is 388 g/mol. The van der Waals surface area contributed by atoms with E-state index < -0.39 is 14.9 Å². The molecule has 0 bridgehead atoms. The van der Waals surface area contributed by atoms with Gasteiger partial charge in [-0.1, -0.05) is 35.5 Å². The van der Waals surface area contributed by atoms with Gasteiger partial charge in [0.15, 0.2) is 5.76 Å². The third-order valence-corrected chi connectivity index (χ3v) is 5.23. The molecule has 27 heavy (non-hydrogen) atoms. The molecular formula is C17H16N4O5S. The highest BCUT2D eigenvalue weighted by molar-refractivity contribution is 7.89. The number of nitrogens with one attached hydrogen (secondary N) is 2. The number of benzene rings is 2. The summed E-state index contributed by atoms with van der Waals surface area (Å²) in [5.74, 6) is 0.581. The number of hydrogen-bond donors (Lipinski definition) is 2. The van der Waals surface area contributed by atoms with Crippen LogP contribution < -0.4 is 10.0 Å². The van der Waals surface area contributed by atoms with Crippen molar-refractivity contribution in [3.63, 3.8) is 0 Å². The van der Waals surface area contributed by atoms with Crippen LogP contribution in [0.4, 0.5) is 11.4 Å². The van der Waals surface area contributed by atoms with E-state index in [1.807, 2.05) is 30.3 Å². The molecule has 0 spiro atoms. The lowest BCUT2D eigenvalue weighted by molar-refractivity contribution is -0.384. The van der Waals surface area contributed by atoms with Gasteiger partial charge in [-0.05, 0) is 19.2 Å². The molecule has 0 aliphatic rings. The Hall–Kier alpha value is -3.24. The largest absolute Gasteiger partial charge is 0.374 e. The maximum Gasteiger partial charge on any atom is 0.293 e. The summed E-state index contributed by atoms with van der Waals surface area (Å²) in [5.41, 5.74) is 1.25. The molecule has 0 radical (unpaired) electrons. The molecular weight excluding hydrogens is 372 g/mol. The molecule has 2 aromatic carbocycles. The second kappa shape index (κ2) is 7.56. The highest BCUT2D eigenvalue weighted by Crippen LogP contribution is 2.28. The molecule has 0 unspecified atom stereocenters. The zero-order valence-corrected chi connectivity index (χ0v) is 15.1. The van der Waals surface area contributed by atoms with Crippen molar-refractivity contribution in [1.29, 1.82) is 0 Å². The minimum Gasteiger partial charge on any atom is -0.374 e. The fourth-order valence-electron chi connectivity index (χ4n) is 2.42. The molecule has 0 aliphatic carbocycles. The number of nitro groups is 1. The maximum absolute atomic E-state index is 11.8. The van der Waals surface area contributed by atoms with Crippen LogP contribution in [0.3, 0.4) is 0 Å². The van der Waals surface area contributed by atoms with E-state index in [-0.39, 0.29) is 22.8 Å². The molecule has 0 saturated heterocycles.